The smallest absolute Gasteiger partial charge is 0.254 e. The van der Waals surface area contributed by atoms with E-state index < -0.39 is 10.0 Å². The molecule has 148 valence electrons. The molecule has 0 aromatic heterocycles. The number of nitrogens with zero attached hydrogens (tertiary/aromatic N) is 2. The number of amides is 1. The summed E-state index contributed by atoms with van der Waals surface area (Å²) in [4.78, 5) is 14.9. The minimum absolute atomic E-state index is 0. The molecule has 2 N–H and O–H groups in total. The van der Waals surface area contributed by atoms with Crippen LogP contribution in [-0.4, -0.2) is 55.2 Å². The first kappa shape index (κ1) is 22.9. The molecule has 2 rings (SSSR count). The molecule has 0 radical (unpaired) electrons. The van der Waals surface area contributed by atoms with Gasteiger partial charge in [-0.25, -0.2) is 8.42 Å². The van der Waals surface area contributed by atoms with Gasteiger partial charge in [-0.3, -0.25) is 4.79 Å². The molecule has 2 atom stereocenters. The fourth-order valence-corrected chi connectivity index (χ4v) is 4.93. The molecule has 1 aliphatic rings. The Morgan fingerprint density at radius 2 is 1.96 bits per heavy atom. The number of benzene rings is 1. The second kappa shape index (κ2) is 9.69. The van der Waals surface area contributed by atoms with Crippen molar-refractivity contribution < 1.29 is 13.2 Å². The highest BCUT2D eigenvalue weighted by atomic mass is 35.5. The van der Waals surface area contributed by atoms with Crippen LogP contribution in [0, 0.1) is 0 Å². The zero-order chi connectivity index (χ0) is 18.6. The molecule has 6 nitrogen and oxygen atoms in total. The average Bonchev–Trinajstić information content (AvgIpc) is 2.62. The van der Waals surface area contributed by atoms with Crippen molar-refractivity contribution in [2.45, 2.75) is 57.0 Å². The van der Waals surface area contributed by atoms with E-state index in [0.717, 1.165) is 19.3 Å². The predicted octanol–water partition coefficient (Wildman–Crippen LogP) is 2.48. The third-order valence-corrected chi connectivity index (χ3v) is 6.89. The Morgan fingerprint density at radius 3 is 2.54 bits per heavy atom. The lowest BCUT2D eigenvalue weighted by Crippen LogP contribution is -2.51. The second-order valence-electron chi connectivity index (χ2n) is 6.54. The molecule has 1 aromatic carbocycles. The van der Waals surface area contributed by atoms with Crippen LogP contribution in [-0.2, 0) is 10.0 Å². The molecule has 0 bridgehead atoms. The van der Waals surface area contributed by atoms with Crippen LogP contribution >= 0.6 is 12.4 Å². The van der Waals surface area contributed by atoms with Gasteiger partial charge in [0.25, 0.3) is 5.91 Å². The maximum Gasteiger partial charge on any atom is 0.254 e. The van der Waals surface area contributed by atoms with E-state index in [-0.39, 0.29) is 35.3 Å². The molecule has 0 saturated carbocycles. The molecule has 1 fully saturated rings. The van der Waals surface area contributed by atoms with Gasteiger partial charge in [0.15, 0.2) is 0 Å². The third-order valence-electron chi connectivity index (χ3n) is 4.84. The van der Waals surface area contributed by atoms with Crippen LogP contribution in [0.2, 0.25) is 0 Å². The fraction of sp³-hybridized carbons (Fsp3) is 0.611. The number of nitrogens with two attached hydrogens (primary N) is 1. The summed E-state index contributed by atoms with van der Waals surface area (Å²) >= 11 is 0. The predicted molar refractivity (Wildman–Crippen MR) is 106 cm³/mol. The van der Waals surface area contributed by atoms with Gasteiger partial charge in [-0.2, -0.15) is 4.31 Å². The molecule has 8 heteroatoms. The summed E-state index contributed by atoms with van der Waals surface area (Å²) in [6.07, 6.45) is 2.90. The topological polar surface area (TPSA) is 83.7 Å². The molecular formula is C18H30ClN3O3S. The summed E-state index contributed by atoms with van der Waals surface area (Å²) in [5, 5.41) is 0. The number of hydrogen-bond donors (Lipinski definition) is 1. The van der Waals surface area contributed by atoms with Gasteiger partial charge in [-0.05, 0) is 44.4 Å². The molecule has 0 aliphatic carbocycles. The van der Waals surface area contributed by atoms with Crippen molar-refractivity contribution in [1.82, 2.24) is 9.21 Å². The Kier molecular flexibility index (Phi) is 8.53. The zero-order valence-corrected chi connectivity index (χ0v) is 17.4. The Hall–Kier alpha value is -1.15. The minimum atomic E-state index is -3.58. The van der Waals surface area contributed by atoms with Crippen molar-refractivity contribution in [2.75, 3.05) is 19.6 Å². The normalized spacial score (nSPS) is 19.1. The monoisotopic (exact) mass is 403 g/mol. The number of piperidine rings is 1. The highest BCUT2D eigenvalue weighted by Gasteiger charge is 2.30. The quantitative estimate of drug-likeness (QED) is 0.790. The van der Waals surface area contributed by atoms with Gasteiger partial charge < -0.3 is 10.6 Å². The Morgan fingerprint density at radius 1 is 1.31 bits per heavy atom. The lowest BCUT2D eigenvalue weighted by molar-refractivity contribution is 0.0583. The zero-order valence-electron chi connectivity index (χ0n) is 15.7. The first-order valence-corrected chi connectivity index (χ1v) is 10.4. The highest BCUT2D eigenvalue weighted by Crippen LogP contribution is 2.23. The lowest BCUT2D eigenvalue weighted by Gasteiger charge is -2.38. The van der Waals surface area contributed by atoms with E-state index in [1.54, 1.807) is 36.9 Å². The van der Waals surface area contributed by atoms with Crippen LogP contribution in [0.3, 0.4) is 0 Å². The van der Waals surface area contributed by atoms with Gasteiger partial charge in [0.1, 0.15) is 0 Å². The van der Waals surface area contributed by atoms with Crippen molar-refractivity contribution >= 4 is 28.3 Å². The number of halogens is 1. The molecule has 1 heterocycles. The largest absolute Gasteiger partial charge is 0.334 e. The van der Waals surface area contributed by atoms with E-state index in [0.29, 0.717) is 25.2 Å². The second-order valence-corrected chi connectivity index (χ2v) is 8.48. The maximum atomic E-state index is 13.0. The number of rotatable bonds is 6. The van der Waals surface area contributed by atoms with Crippen LogP contribution in [0.5, 0.6) is 0 Å². The molecular weight excluding hydrogens is 374 g/mol. The van der Waals surface area contributed by atoms with Gasteiger partial charge in [-0.15, -0.1) is 12.4 Å². The Labute approximate surface area is 163 Å². The van der Waals surface area contributed by atoms with Crippen LogP contribution in [0.25, 0.3) is 0 Å². The first-order valence-electron chi connectivity index (χ1n) is 8.99. The summed E-state index contributed by atoms with van der Waals surface area (Å²) in [6, 6.07) is 6.24. The molecule has 1 aliphatic heterocycles. The number of carbonyl (C=O) groups is 1. The fourth-order valence-electron chi connectivity index (χ4n) is 3.42. The summed E-state index contributed by atoms with van der Waals surface area (Å²) in [6.45, 7) is 6.98. The molecule has 2 unspecified atom stereocenters. The van der Waals surface area contributed by atoms with Crippen LogP contribution in [0.15, 0.2) is 29.2 Å². The third kappa shape index (κ3) is 4.76. The van der Waals surface area contributed by atoms with Gasteiger partial charge in [-0.1, -0.05) is 19.9 Å². The Balaban J connectivity index is 0.00000338. The summed E-state index contributed by atoms with van der Waals surface area (Å²) in [7, 11) is -3.58. The van der Waals surface area contributed by atoms with Crippen molar-refractivity contribution in [2.24, 2.45) is 5.73 Å². The van der Waals surface area contributed by atoms with Crippen LogP contribution in [0.4, 0.5) is 0 Å². The summed E-state index contributed by atoms with van der Waals surface area (Å²) in [5.74, 6) is -0.140. The lowest BCUT2D eigenvalue weighted by atomic mass is 9.96. The number of sulfonamides is 1. The van der Waals surface area contributed by atoms with Crippen LogP contribution < -0.4 is 5.73 Å². The molecule has 1 saturated heterocycles. The number of carbonyl (C=O) groups excluding carboxylic acids is 1. The maximum absolute atomic E-state index is 13.0. The van der Waals surface area contributed by atoms with E-state index in [2.05, 4.69) is 0 Å². The SMILES string of the molecule is CCN(CC)S(=O)(=O)c1cccc(C(=O)N2CCCCC2C(C)N)c1.Cl. The average molecular weight is 404 g/mol. The number of likely N-dealkylation sites (tertiary alicyclic amines) is 1. The van der Waals surface area contributed by atoms with Crippen LogP contribution in [0.1, 0.15) is 50.4 Å². The molecule has 0 spiro atoms. The van der Waals surface area contributed by atoms with E-state index in [1.807, 2.05) is 6.92 Å². The summed E-state index contributed by atoms with van der Waals surface area (Å²) < 4.78 is 26.8. The van der Waals surface area contributed by atoms with Gasteiger partial charge in [0.05, 0.1) is 4.90 Å². The molecule has 1 amide bonds. The van der Waals surface area contributed by atoms with Crippen molar-refractivity contribution in [1.29, 1.82) is 0 Å². The van der Waals surface area contributed by atoms with Gasteiger partial charge in [0.2, 0.25) is 10.0 Å². The Bertz CT molecular complexity index is 705. The number of hydrogen-bond acceptors (Lipinski definition) is 4. The van der Waals surface area contributed by atoms with Crippen molar-refractivity contribution in [3.8, 4) is 0 Å². The molecule has 1 aromatic rings. The first-order chi connectivity index (χ1) is 11.8. The van der Waals surface area contributed by atoms with Crippen molar-refractivity contribution in [3.05, 3.63) is 29.8 Å². The van der Waals surface area contributed by atoms with E-state index in [9.17, 15) is 13.2 Å². The standard InChI is InChI=1S/C18H29N3O3S.ClH/c1-4-20(5-2)25(23,24)16-10-8-9-15(13-16)18(22)21-12-7-6-11-17(21)14(3)19;/h8-10,13-14,17H,4-7,11-12,19H2,1-3H3;1H. The summed E-state index contributed by atoms with van der Waals surface area (Å²) in [5.41, 5.74) is 6.46. The van der Waals surface area contributed by atoms with Gasteiger partial charge in [0, 0.05) is 37.3 Å². The highest BCUT2D eigenvalue weighted by molar-refractivity contribution is 7.89. The van der Waals surface area contributed by atoms with Gasteiger partial charge >= 0.3 is 0 Å². The molecule has 26 heavy (non-hydrogen) atoms. The minimum Gasteiger partial charge on any atom is -0.334 e. The van der Waals surface area contributed by atoms with E-state index in [1.165, 1.54) is 10.4 Å². The van der Waals surface area contributed by atoms with E-state index in [4.69, 9.17) is 5.73 Å². The van der Waals surface area contributed by atoms with E-state index >= 15 is 0 Å². The van der Waals surface area contributed by atoms with Crippen molar-refractivity contribution in [3.63, 3.8) is 0 Å².